The van der Waals surface area contributed by atoms with Crippen LogP contribution < -0.4 is 0 Å². The number of halogens is 1. The Bertz CT molecular complexity index is 373. The zero-order valence-corrected chi connectivity index (χ0v) is 10.2. The zero-order valence-electron chi connectivity index (χ0n) is 10.2. The maximum absolute atomic E-state index is 13.2. The lowest BCUT2D eigenvalue weighted by atomic mass is 10.1. The molecule has 0 aliphatic heterocycles. The van der Waals surface area contributed by atoms with Crippen LogP contribution in [0, 0.1) is 12.7 Å². The molecule has 0 aromatic heterocycles. The lowest BCUT2D eigenvalue weighted by Crippen LogP contribution is -2.32. The Hall–Kier alpha value is -1.42. The van der Waals surface area contributed by atoms with Crippen LogP contribution in [-0.2, 0) is 0 Å². The summed E-state index contributed by atoms with van der Waals surface area (Å²) in [5, 5.41) is 8.75. The van der Waals surface area contributed by atoms with E-state index in [4.69, 9.17) is 5.11 Å². The summed E-state index contributed by atoms with van der Waals surface area (Å²) in [6, 6.07) is 4.31. The molecule has 1 N–H and O–H groups in total. The van der Waals surface area contributed by atoms with Crippen LogP contribution in [-0.4, -0.2) is 35.6 Å². The Balaban J connectivity index is 2.85. The second-order valence-corrected chi connectivity index (χ2v) is 3.98. The minimum absolute atomic E-state index is 0.0476. The molecule has 1 amide bonds. The second kappa shape index (κ2) is 6.35. The van der Waals surface area contributed by atoms with Crippen LogP contribution in [0.5, 0.6) is 0 Å². The Morgan fingerprint density at radius 3 is 2.65 bits per heavy atom. The molecule has 94 valence electrons. The summed E-state index contributed by atoms with van der Waals surface area (Å²) >= 11 is 0. The highest BCUT2D eigenvalue weighted by molar-refractivity contribution is 5.94. The van der Waals surface area contributed by atoms with E-state index in [1.165, 1.54) is 12.1 Å². The van der Waals surface area contributed by atoms with Crippen LogP contribution in [0.25, 0.3) is 0 Å². The molecule has 0 saturated heterocycles. The Morgan fingerprint density at radius 2 is 2.12 bits per heavy atom. The molecule has 0 unspecified atom stereocenters. The SMILES string of the molecule is CCN(CCCO)C(=O)c1cc(C)cc(F)c1. The van der Waals surface area contributed by atoms with Gasteiger partial charge in [0.1, 0.15) is 5.82 Å². The summed E-state index contributed by atoms with van der Waals surface area (Å²) in [5.41, 5.74) is 1.09. The first kappa shape index (κ1) is 13.6. The number of carbonyl (C=O) groups is 1. The molecule has 0 radical (unpaired) electrons. The van der Waals surface area contributed by atoms with Crippen molar-refractivity contribution < 1.29 is 14.3 Å². The minimum Gasteiger partial charge on any atom is -0.396 e. The van der Waals surface area contributed by atoms with Crippen molar-refractivity contribution in [2.45, 2.75) is 20.3 Å². The molecule has 0 heterocycles. The highest BCUT2D eigenvalue weighted by atomic mass is 19.1. The van der Waals surface area contributed by atoms with Crippen molar-refractivity contribution in [1.82, 2.24) is 4.90 Å². The zero-order chi connectivity index (χ0) is 12.8. The van der Waals surface area contributed by atoms with Crippen molar-refractivity contribution in [3.05, 3.63) is 35.1 Å². The van der Waals surface area contributed by atoms with E-state index in [2.05, 4.69) is 0 Å². The van der Waals surface area contributed by atoms with Crippen LogP contribution in [0.15, 0.2) is 18.2 Å². The molecule has 0 saturated carbocycles. The second-order valence-electron chi connectivity index (χ2n) is 3.98. The molecule has 0 aliphatic carbocycles. The van der Waals surface area contributed by atoms with E-state index in [1.807, 2.05) is 6.92 Å². The van der Waals surface area contributed by atoms with Crippen molar-refractivity contribution >= 4 is 5.91 Å². The molecule has 1 rings (SSSR count). The monoisotopic (exact) mass is 239 g/mol. The Labute approximate surface area is 101 Å². The fourth-order valence-corrected chi connectivity index (χ4v) is 1.71. The molecular formula is C13H18FNO2. The normalized spacial score (nSPS) is 10.4. The molecule has 4 heteroatoms. The van der Waals surface area contributed by atoms with Crippen LogP contribution in [0.2, 0.25) is 0 Å². The third kappa shape index (κ3) is 3.82. The lowest BCUT2D eigenvalue weighted by Gasteiger charge is -2.20. The number of rotatable bonds is 5. The van der Waals surface area contributed by atoms with Crippen LogP contribution in [0.3, 0.4) is 0 Å². The molecule has 0 bridgehead atoms. The average Bonchev–Trinajstić information content (AvgIpc) is 2.28. The predicted molar refractivity (Wildman–Crippen MR) is 64.4 cm³/mol. The van der Waals surface area contributed by atoms with Gasteiger partial charge >= 0.3 is 0 Å². The van der Waals surface area contributed by atoms with E-state index in [-0.39, 0.29) is 12.5 Å². The number of aliphatic hydroxyl groups excluding tert-OH is 1. The summed E-state index contributed by atoms with van der Waals surface area (Å²) < 4.78 is 13.2. The maximum Gasteiger partial charge on any atom is 0.253 e. The van der Waals surface area contributed by atoms with Gasteiger partial charge in [0.05, 0.1) is 0 Å². The lowest BCUT2D eigenvalue weighted by molar-refractivity contribution is 0.0753. The van der Waals surface area contributed by atoms with Gasteiger partial charge in [-0.15, -0.1) is 0 Å². The molecule has 0 fully saturated rings. The van der Waals surface area contributed by atoms with Gasteiger partial charge in [0.15, 0.2) is 0 Å². The number of benzene rings is 1. The van der Waals surface area contributed by atoms with Crippen molar-refractivity contribution in [2.75, 3.05) is 19.7 Å². The van der Waals surface area contributed by atoms with E-state index >= 15 is 0 Å². The Morgan fingerprint density at radius 1 is 1.41 bits per heavy atom. The van der Waals surface area contributed by atoms with Gasteiger partial charge in [0.25, 0.3) is 5.91 Å². The number of amides is 1. The van der Waals surface area contributed by atoms with E-state index < -0.39 is 5.82 Å². The summed E-state index contributed by atoms with van der Waals surface area (Å²) in [6.45, 7) is 4.70. The number of hydrogen-bond acceptors (Lipinski definition) is 2. The molecular weight excluding hydrogens is 221 g/mol. The first-order valence-corrected chi connectivity index (χ1v) is 5.75. The largest absolute Gasteiger partial charge is 0.396 e. The summed E-state index contributed by atoms with van der Waals surface area (Å²) in [4.78, 5) is 13.7. The van der Waals surface area contributed by atoms with Gasteiger partial charge in [-0.1, -0.05) is 0 Å². The molecule has 1 aromatic rings. The summed E-state index contributed by atoms with van der Waals surface area (Å²) in [6.07, 6.45) is 0.536. The molecule has 3 nitrogen and oxygen atoms in total. The van der Waals surface area contributed by atoms with Crippen molar-refractivity contribution in [3.8, 4) is 0 Å². The maximum atomic E-state index is 13.2. The minimum atomic E-state index is -0.397. The first-order valence-electron chi connectivity index (χ1n) is 5.75. The van der Waals surface area contributed by atoms with Gasteiger partial charge in [0, 0.05) is 25.3 Å². The topological polar surface area (TPSA) is 40.5 Å². The standard InChI is InChI=1S/C13H18FNO2/c1-3-15(5-4-6-16)13(17)11-7-10(2)8-12(14)9-11/h7-9,16H,3-6H2,1-2H3. The van der Waals surface area contributed by atoms with Crippen LogP contribution in [0.1, 0.15) is 29.3 Å². The summed E-state index contributed by atoms with van der Waals surface area (Å²) in [5.74, 6) is -0.588. The quantitative estimate of drug-likeness (QED) is 0.853. The van der Waals surface area contributed by atoms with Gasteiger partial charge in [-0.2, -0.15) is 0 Å². The van der Waals surface area contributed by atoms with E-state index in [0.29, 0.717) is 25.1 Å². The van der Waals surface area contributed by atoms with E-state index in [9.17, 15) is 9.18 Å². The average molecular weight is 239 g/mol. The molecule has 17 heavy (non-hydrogen) atoms. The van der Waals surface area contributed by atoms with Crippen molar-refractivity contribution in [1.29, 1.82) is 0 Å². The third-order valence-corrected chi connectivity index (χ3v) is 2.54. The fraction of sp³-hybridized carbons (Fsp3) is 0.462. The number of hydrogen-bond donors (Lipinski definition) is 1. The number of nitrogens with zero attached hydrogens (tertiary/aromatic N) is 1. The number of aryl methyl sites for hydroxylation is 1. The van der Waals surface area contributed by atoms with Crippen molar-refractivity contribution in [3.63, 3.8) is 0 Å². The fourth-order valence-electron chi connectivity index (χ4n) is 1.71. The van der Waals surface area contributed by atoms with Gasteiger partial charge < -0.3 is 10.0 Å². The van der Waals surface area contributed by atoms with Gasteiger partial charge in [-0.05, 0) is 44.0 Å². The Kier molecular flexibility index (Phi) is 5.10. The smallest absolute Gasteiger partial charge is 0.253 e. The number of carbonyl (C=O) groups excluding carboxylic acids is 1. The predicted octanol–water partition coefficient (Wildman–Crippen LogP) is 1.98. The van der Waals surface area contributed by atoms with Gasteiger partial charge in [0.2, 0.25) is 0 Å². The van der Waals surface area contributed by atoms with Gasteiger partial charge in [-0.3, -0.25) is 4.79 Å². The van der Waals surface area contributed by atoms with Gasteiger partial charge in [-0.25, -0.2) is 4.39 Å². The highest BCUT2D eigenvalue weighted by Gasteiger charge is 2.14. The highest BCUT2D eigenvalue weighted by Crippen LogP contribution is 2.11. The molecule has 0 spiro atoms. The van der Waals surface area contributed by atoms with E-state index in [0.717, 1.165) is 5.56 Å². The van der Waals surface area contributed by atoms with E-state index in [1.54, 1.807) is 17.9 Å². The van der Waals surface area contributed by atoms with Crippen molar-refractivity contribution in [2.24, 2.45) is 0 Å². The molecule has 1 aromatic carbocycles. The summed E-state index contributed by atoms with van der Waals surface area (Å²) in [7, 11) is 0. The number of aliphatic hydroxyl groups is 1. The molecule has 0 aliphatic rings. The van der Waals surface area contributed by atoms with Crippen LogP contribution >= 0.6 is 0 Å². The van der Waals surface area contributed by atoms with Crippen LogP contribution in [0.4, 0.5) is 4.39 Å². The third-order valence-electron chi connectivity index (χ3n) is 2.54. The first-order chi connectivity index (χ1) is 8.08. The molecule has 0 atom stereocenters.